The van der Waals surface area contributed by atoms with Gasteiger partial charge in [-0.2, -0.15) is 0 Å². The molecule has 1 aromatic rings. The summed E-state index contributed by atoms with van der Waals surface area (Å²) in [7, 11) is 1.93. The van der Waals surface area contributed by atoms with Crippen LogP contribution in [0.4, 0.5) is 0 Å². The van der Waals surface area contributed by atoms with Crippen molar-refractivity contribution in [2.24, 2.45) is 23.5 Å². The van der Waals surface area contributed by atoms with Crippen LogP contribution in [0.5, 0.6) is 0 Å². The van der Waals surface area contributed by atoms with E-state index in [0.29, 0.717) is 23.8 Å². The molecule has 4 nitrogen and oxygen atoms in total. The van der Waals surface area contributed by atoms with Crippen molar-refractivity contribution in [1.82, 2.24) is 9.88 Å². The highest BCUT2D eigenvalue weighted by molar-refractivity contribution is 7.09. The maximum Gasteiger partial charge on any atom is 0.225 e. The highest BCUT2D eigenvalue weighted by Crippen LogP contribution is 2.42. The van der Waals surface area contributed by atoms with Gasteiger partial charge in [0.15, 0.2) is 0 Å². The third-order valence-electron chi connectivity index (χ3n) is 5.28. The largest absolute Gasteiger partial charge is 0.345 e. The summed E-state index contributed by atoms with van der Waals surface area (Å²) in [4.78, 5) is 18.8. The van der Waals surface area contributed by atoms with Gasteiger partial charge in [0, 0.05) is 43.5 Å². The molecule has 2 unspecified atom stereocenters. The third-order valence-corrected chi connectivity index (χ3v) is 6.12. The van der Waals surface area contributed by atoms with E-state index in [0.717, 1.165) is 30.8 Å². The Hall–Kier alpha value is -0.940. The Kier molecular flexibility index (Phi) is 4.60. The number of rotatable bonds is 4. The van der Waals surface area contributed by atoms with Gasteiger partial charge < -0.3 is 10.6 Å². The summed E-state index contributed by atoms with van der Waals surface area (Å²) in [5.74, 6) is 1.65. The Bertz CT molecular complexity index is 462. The number of nitrogens with two attached hydrogens (primary N) is 1. The van der Waals surface area contributed by atoms with Crippen LogP contribution in [-0.2, 0) is 11.2 Å². The van der Waals surface area contributed by atoms with E-state index in [1.165, 1.54) is 19.3 Å². The second-order valence-electron chi connectivity index (χ2n) is 6.63. The van der Waals surface area contributed by atoms with Crippen LogP contribution in [0.1, 0.15) is 37.1 Å². The fourth-order valence-electron chi connectivity index (χ4n) is 4.05. The molecule has 0 saturated heterocycles. The Morgan fingerprint density at radius 3 is 2.76 bits per heavy atom. The van der Waals surface area contributed by atoms with Gasteiger partial charge in [-0.1, -0.05) is 6.42 Å². The summed E-state index contributed by atoms with van der Waals surface area (Å²) >= 11 is 1.66. The number of aromatic nitrogens is 1. The normalized spacial score (nSPS) is 31.9. The zero-order valence-corrected chi connectivity index (χ0v) is 13.5. The molecule has 2 atom stereocenters. The molecule has 1 aromatic heterocycles. The lowest BCUT2D eigenvalue weighted by Gasteiger charge is -2.44. The van der Waals surface area contributed by atoms with Gasteiger partial charge in [-0.05, 0) is 37.5 Å². The van der Waals surface area contributed by atoms with Crippen molar-refractivity contribution >= 4 is 17.2 Å². The molecule has 2 aliphatic carbocycles. The topological polar surface area (TPSA) is 59.2 Å². The molecule has 2 N–H and O–H groups in total. The minimum Gasteiger partial charge on any atom is -0.345 e. The van der Waals surface area contributed by atoms with Crippen LogP contribution in [0.3, 0.4) is 0 Å². The average molecular weight is 307 g/mol. The van der Waals surface area contributed by atoms with Gasteiger partial charge in [0.1, 0.15) is 0 Å². The first-order chi connectivity index (χ1) is 10.1. The van der Waals surface area contributed by atoms with Gasteiger partial charge in [0.25, 0.3) is 0 Å². The first kappa shape index (κ1) is 15.0. The molecule has 2 saturated carbocycles. The SMILES string of the molecule is CN(CCc1nccs1)C(=O)C1CC2CCCC(C1)C2N. The summed E-state index contributed by atoms with van der Waals surface area (Å²) in [6.45, 7) is 0.768. The summed E-state index contributed by atoms with van der Waals surface area (Å²) in [6, 6.07) is 0.337. The molecule has 0 spiro atoms. The minimum absolute atomic E-state index is 0.196. The highest BCUT2D eigenvalue weighted by Gasteiger charge is 2.41. The molecule has 0 radical (unpaired) electrons. The van der Waals surface area contributed by atoms with E-state index >= 15 is 0 Å². The van der Waals surface area contributed by atoms with E-state index in [1.807, 2.05) is 23.5 Å². The smallest absolute Gasteiger partial charge is 0.225 e. The van der Waals surface area contributed by atoms with E-state index < -0.39 is 0 Å². The lowest BCUT2D eigenvalue weighted by Crippen LogP contribution is -2.49. The molecule has 5 heteroatoms. The Morgan fingerprint density at radius 2 is 2.14 bits per heavy atom. The van der Waals surface area contributed by atoms with Gasteiger partial charge in [-0.3, -0.25) is 4.79 Å². The van der Waals surface area contributed by atoms with E-state index in [4.69, 9.17) is 5.73 Å². The molecule has 3 rings (SSSR count). The predicted molar refractivity (Wildman–Crippen MR) is 85.0 cm³/mol. The number of carbonyl (C=O) groups excluding carboxylic acids is 1. The van der Waals surface area contributed by atoms with Crippen LogP contribution in [0.15, 0.2) is 11.6 Å². The zero-order chi connectivity index (χ0) is 14.8. The van der Waals surface area contributed by atoms with E-state index in [1.54, 1.807) is 11.3 Å². The molecule has 1 heterocycles. The molecule has 2 bridgehead atoms. The van der Waals surface area contributed by atoms with Gasteiger partial charge in [-0.15, -0.1) is 11.3 Å². The lowest BCUT2D eigenvalue weighted by atomic mass is 9.65. The lowest BCUT2D eigenvalue weighted by molar-refractivity contribution is -0.137. The maximum atomic E-state index is 12.7. The monoisotopic (exact) mass is 307 g/mol. The number of nitrogens with zero attached hydrogens (tertiary/aromatic N) is 2. The molecular weight excluding hydrogens is 282 g/mol. The van der Waals surface area contributed by atoms with Crippen molar-refractivity contribution < 1.29 is 4.79 Å². The van der Waals surface area contributed by atoms with Crippen molar-refractivity contribution in [2.75, 3.05) is 13.6 Å². The number of fused-ring (bicyclic) bond motifs is 2. The molecule has 2 aliphatic rings. The molecule has 2 fully saturated rings. The second kappa shape index (κ2) is 6.44. The number of thiazole rings is 1. The van der Waals surface area contributed by atoms with Crippen molar-refractivity contribution in [2.45, 2.75) is 44.6 Å². The van der Waals surface area contributed by atoms with E-state index in [-0.39, 0.29) is 5.92 Å². The molecule has 21 heavy (non-hydrogen) atoms. The Balaban J connectivity index is 1.55. The van der Waals surface area contributed by atoms with Crippen molar-refractivity contribution in [3.8, 4) is 0 Å². The first-order valence-electron chi connectivity index (χ1n) is 8.04. The van der Waals surface area contributed by atoms with E-state index in [9.17, 15) is 4.79 Å². The van der Waals surface area contributed by atoms with Gasteiger partial charge in [0.2, 0.25) is 5.91 Å². The van der Waals surface area contributed by atoms with Crippen LogP contribution >= 0.6 is 11.3 Å². The van der Waals surface area contributed by atoms with Crippen LogP contribution in [0.2, 0.25) is 0 Å². The quantitative estimate of drug-likeness (QED) is 0.928. The Labute approximate surface area is 130 Å². The summed E-state index contributed by atoms with van der Waals surface area (Å²) < 4.78 is 0. The number of hydrogen-bond acceptors (Lipinski definition) is 4. The molecule has 0 aromatic carbocycles. The van der Waals surface area contributed by atoms with E-state index in [2.05, 4.69) is 4.98 Å². The Morgan fingerprint density at radius 1 is 1.43 bits per heavy atom. The number of amides is 1. The average Bonchev–Trinajstić information content (AvgIpc) is 2.97. The standard InChI is InChI=1S/C16H25N3OS/c1-19(7-5-14-18-6-8-21-14)16(20)13-9-11-3-2-4-12(10-13)15(11)17/h6,8,11-13,15H,2-5,7,9-10,17H2,1H3. The van der Waals surface area contributed by atoms with Crippen LogP contribution in [0.25, 0.3) is 0 Å². The van der Waals surface area contributed by atoms with Crippen LogP contribution in [-0.4, -0.2) is 35.4 Å². The third kappa shape index (κ3) is 3.29. The van der Waals surface area contributed by atoms with Crippen molar-refractivity contribution in [3.63, 3.8) is 0 Å². The van der Waals surface area contributed by atoms with Gasteiger partial charge >= 0.3 is 0 Å². The van der Waals surface area contributed by atoms with Crippen molar-refractivity contribution in [1.29, 1.82) is 0 Å². The number of hydrogen-bond donors (Lipinski definition) is 1. The second-order valence-corrected chi connectivity index (χ2v) is 7.61. The summed E-state index contributed by atoms with van der Waals surface area (Å²) in [6.07, 6.45) is 8.40. The molecular formula is C16H25N3OS. The zero-order valence-electron chi connectivity index (χ0n) is 12.7. The predicted octanol–water partition coefficient (Wildman–Crippen LogP) is 2.30. The summed E-state index contributed by atoms with van der Waals surface area (Å²) in [5.41, 5.74) is 6.31. The number of carbonyl (C=O) groups is 1. The summed E-state index contributed by atoms with van der Waals surface area (Å²) in [5, 5.41) is 3.10. The number of likely N-dealkylation sites (N-methyl/N-ethyl adjacent to an activating group) is 1. The van der Waals surface area contributed by atoms with Crippen molar-refractivity contribution in [3.05, 3.63) is 16.6 Å². The molecule has 0 aliphatic heterocycles. The maximum absolute atomic E-state index is 12.7. The van der Waals surface area contributed by atoms with Gasteiger partial charge in [0.05, 0.1) is 5.01 Å². The minimum atomic E-state index is 0.196. The fraction of sp³-hybridized carbons (Fsp3) is 0.750. The van der Waals surface area contributed by atoms with Crippen LogP contribution in [0, 0.1) is 17.8 Å². The fourth-order valence-corrected chi connectivity index (χ4v) is 4.66. The van der Waals surface area contributed by atoms with Gasteiger partial charge in [-0.25, -0.2) is 4.98 Å². The molecule has 116 valence electrons. The molecule has 1 amide bonds. The first-order valence-corrected chi connectivity index (χ1v) is 8.92. The van der Waals surface area contributed by atoms with Crippen LogP contribution < -0.4 is 5.73 Å². The highest BCUT2D eigenvalue weighted by atomic mass is 32.1.